The van der Waals surface area contributed by atoms with Gasteiger partial charge in [0.1, 0.15) is 0 Å². The highest BCUT2D eigenvalue weighted by Gasteiger charge is 2.19. The van der Waals surface area contributed by atoms with E-state index in [9.17, 15) is 10.1 Å². The maximum atomic E-state index is 10.4. The lowest BCUT2D eigenvalue weighted by molar-refractivity contribution is -0.496. The van der Waals surface area contributed by atoms with Gasteiger partial charge in [-0.05, 0) is 49.1 Å². The second-order valence-corrected chi connectivity index (χ2v) is 4.92. The Balaban J connectivity index is 3.27. The van der Waals surface area contributed by atoms with E-state index >= 15 is 0 Å². The first kappa shape index (κ1) is 11.9. The SMILES string of the molecule is NN(c1c(Br)cc(Br)cc1Br)[N+](=O)[O-]. The van der Waals surface area contributed by atoms with E-state index < -0.39 is 5.03 Å². The third kappa shape index (κ3) is 2.44. The minimum Gasteiger partial charge on any atom is -0.233 e. The normalized spacial score (nSPS) is 10.0. The Morgan fingerprint density at radius 3 is 2.07 bits per heavy atom. The van der Waals surface area contributed by atoms with E-state index in [1.165, 1.54) is 0 Å². The molecule has 0 bridgehead atoms. The van der Waals surface area contributed by atoms with E-state index in [1.807, 2.05) is 0 Å². The molecule has 0 aromatic heterocycles. The molecular formula is C6H4Br3N3O2. The lowest BCUT2D eigenvalue weighted by Gasteiger charge is -2.11. The number of anilines is 1. The number of nitro groups is 1. The molecule has 0 heterocycles. The fourth-order valence-corrected chi connectivity index (χ4v) is 3.46. The molecule has 0 fully saturated rings. The maximum Gasteiger partial charge on any atom is 0.181 e. The number of hydrazine groups is 2. The van der Waals surface area contributed by atoms with Gasteiger partial charge in [-0.2, -0.15) is 5.84 Å². The van der Waals surface area contributed by atoms with Crippen molar-refractivity contribution in [3.05, 3.63) is 35.7 Å². The molecule has 8 heteroatoms. The summed E-state index contributed by atoms with van der Waals surface area (Å²) in [5, 5.41) is 10.2. The number of benzene rings is 1. The second-order valence-electron chi connectivity index (χ2n) is 2.30. The van der Waals surface area contributed by atoms with E-state index in [0.29, 0.717) is 14.1 Å². The molecule has 5 nitrogen and oxygen atoms in total. The summed E-state index contributed by atoms with van der Waals surface area (Å²) in [4.78, 5) is 10.4. The van der Waals surface area contributed by atoms with Crippen LogP contribution in [-0.4, -0.2) is 5.03 Å². The summed E-state index contributed by atoms with van der Waals surface area (Å²) in [6.45, 7) is 0. The van der Waals surface area contributed by atoms with Gasteiger partial charge in [0.2, 0.25) is 0 Å². The van der Waals surface area contributed by atoms with Crippen molar-refractivity contribution in [1.29, 1.82) is 0 Å². The molecule has 1 rings (SSSR count). The first-order valence-corrected chi connectivity index (χ1v) is 5.65. The molecule has 0 unspecified atom stereocenters. The molecule has 0 aliphatic rings. The first-order chi connectivity index (χ1) is 6.43. The van der Waals surface area contributed by atoms with E-state index in [4.69, 9.17) is 5.84 Å². The van der Waals surface area contributed by atoms with Crippen LogP contribution in [0.3, 0.4) is 0 Å². The lowest BCUT2D eigenvalue weighted by Crippen LogP contribution is -2.37. The van der Waals surface area contributed by atoms with Crippen LogP contribution in [0, 0.1) is 10.1 Å². The number of hydrogen-bond donors (Lipinski definition) is 1. The Kier molecular flexibility index (Phi) is 3.87. The van der Waals surface area contributed by atoms with Gasteiger partial charge in [0, 0.05) is 4.47 Å². The predicted octanol–water partition coefficient (Wildman–Crippen LogP) is 2.85. The molecule has 0 atom stereocenters. The number of nitrogens with zero attached hydrogens (tertiary/aromatic N) is 2. The van der Waals surface area contributed by atoms with Crippen LogP contribution in [0.2, 0.25) is 0 Å². The number of rotatable bonds is 2. The van der Waals surface area contributed by atoms with Gasteiger partial charge in [-0.1, -0.05) is 15.9 Å². The topological polar surface area (TPSA) is 72.4 Å². The van der Waals surface area contributed by atoms with Crippen LogP contribution in [-0.2, 0) is 0 Å². The fraction of sp³-hybridized carbons (Fsp3) is 0. The van der Waals surface area contributed by atoms with Gasteiger partial charge in [-0.25, -0.2) is 10.1 Å². The van der Waals surface area contributed by atoms with Gasteiger partial charge < -0.3 is 0 Å². The molecule has 76 valence electrons. The van der Waals surface area contributed by atoms with Gasteiger partial charge in [0.15, 0.2) is 10.7 Å². The zero-order valence-corrected chi connectivity index (χ0v) is 11.3. The molecule has 2 N–H and O–H groups in total. The van der Waals surface area contributed by atoms with Gasteiger partial charge in [-0.3, -0.25) is 0 Å². The van der Waals surface area contributed by atoms with Crippen LogP contribution in [0.1, 0.15) is 0 Å². The monoisotopic (exact) mass is 387 g/mol. The summed E-state index contributed by atoms with van der Waals surface area (Å²) in [6, 6.07) is 3.34. The van der Waals surface area contributed by atoms with Gasteiger partial charge in [0.05, 0.1) is 8.95 Å². The van der Waals surface area contributed by atoms with Gasteiger partial charge in [0.25, 0.3) is 0 Å². The van der Waals surface area contributed by atoms with E-state index in [2.05, 4.69) is 47.8 Å². The summed E-state index contributed by atoms with van der Waals surface area (Å²) in [5.74, 6) is 5.25. The smallest absolute Gasteiger partial charge is 0.181 e. The van der Waals surface area contributed by atoms with Gasteiger partial charge in [-0.15, -0.1) is 0 Å². The summed E-state index contributed by atoms with van der Waals surface area (Å²) >= 11 is 9.61. The minimum absolute atomic E-state index is 0.262. The number of halogens is 3. The van der Waals surface area contributed by atoms with Crippen LogP contribution < -0.4 is 11.0 Å². The molecule has 0 aliphatic heterocycles. The van der Waals surface area contributed by atoms with Crippen molar-refractivity contribution >= 4 is 53.5 Å². The van der Waals surface area contributed by atoms with Crippen molar-refractivity contribution in [2.75, 3.05) is 5.12 Å². The molecule has 0 spiro atoms. The average Bonchev–Trinajstić information content (AvgIpc) is 2.01. The van der Waals surface area contributed by atoms with Crippen LogP contribution in [0.25, 0.3) is 0 Å². The molecular weight excluding hydrogens is 386 g/mol. The summed E-state index contributed by atoms with van der Waals surface area (Å²) < 4.78 is 1.84. The van der Waals surface area contributed by atoms with Crippen LogP contribution in [0.15, 0.2) is 25.6 Å². The van der Waals surface area contributed by atoms with E-state index in [1.54, 1.807) is 12.1 Å². The summed E-state index contributed by atoms with van der Waals surface area (Å²) in [6.07, 6.45) is 0. The van der Waals surface area contributed by atoms with Crippen molar-refractivity contribution in [2.45, 2.75) is 0 Å². The van der Waals surface area contributed by atoms with Gasteiger partial charge >= 0.3 is 0 Å². The van der Waals surface area contributed by atoms with Crippen molar-refractivity contribution in [2.24, 2.45) is 5.84 Å². The predicted molar refractivity (Wildman–Crippen MR) is 63.2 cm³/mol. The first-order valence-electron chi connectivity index (χ1n) is 3.27. The van der Waals surface area contributed by atoms with E-state index in [0.717, 1.165) is 4.47 Å². The molecule has 0 aliphatic carbocycles. The third-order valence-corrected chi connectivity index (χ3v) is 3.05. The highest BCUT2D eigenvalue weighted by Crippen LogP contribution is 2.35. The number of hydrogen-bond acceptors (Lipinski definition) is 3. The van der Waals surface area contributed by atoms with E-state index in [-0.39, 0.29) is 5.69 Å². The molecule has 0 saturated heterocycles. The summed E-state index contributed by atoms with van der Waals surface area (Å²) in [5.41, 5.74) is 0.262. The quantitative estimate of drug-likeness (QED) is 0.479. The van der Waals surface area contributed by atoms with Crippen molar-refractivity contribution in [3.63, 3.8) is 0 Å². The Morgan fingerprint density at radius 1 is 1.29 bits per heavy atom. The maximum absolute atomic E-state index is 10.4. The van der Waals surface area contributed by atoms with Crippen LogP contribution in [0.5, 0.6) is 0 Å². The van der Waals surface area contributed by atoms with Crippen molar-refractivity contribution < 1.29 is 5.03 Å². The number of nitrogens with two attached hydrogens (primary N) is 1. The van der Waals surface area contributed by atoms with Crippen LogP contribution in [0.4, 0.5) is 5.69 Å². The highest BCUT2D eigenvalue weighted by molar-refractivity contribution is 9.11. The third-order valence-electron chi connectivity index (χ3n) is 1.39. The molecule has 1 aromatic rings. The Hall–Kier alpha value is -0.180. The lowest BCUT2D eigenvalue weighted by atomic mass is 10.3. The molecule has 0 saturated carbocycles. The van der Waals surface area contributed by atoms with Crippen molar-refractivity contribution in [3.8, 4) is 0 Å². The van der Waals surface area contributed by atoms with Crippen LogP contribution >= 0.6 is 47.8 Å². The minimum atomic E-state index is -0.710. The second kappa shape index (κ2) is 4.56. The molecule has 1 aromatic carbocycles. The van der Waals surface area contributed by atoms with Crippen molar-refractivity contribution in [1.82, 2.24) is 0 Å². The zero-order valence-electron chi connectivity index (χ0n) is 6.58. The Morgan fingerprint density at radius 2 is 1.71 bits per heavy atom. The molecule has 0 radical (unpaired) electrons. The standard InChI is InChI=1S/C6H4Br3N3O2/c7-3-1-4(8)6(5(9)2-3)11(10)12(13)14/h1-2H,10H2. The molecule has 0 amide bonds. The Labute approximate surface area is 105 Å². The molecule has 14 heavy (non-hydrogen) atoms. The highest BCUT2D eigenvalue weighted by atomic mass is 79.9. The average molecular weight is 390 g/mol. The summed E-state index contributed by atoms with van der Waals surface area (Å²) in [7, 11) is 0. The zero-order chi connectivity index (χ0) is 10.9. The fourth-order valence-electron chi connectivity index (χ4n) is 0.835. The largest absolute Gasteiger partial charge is 0.233 e. The Bertz CT molecular complexity index is 362.